The van der Waals surface area contributed by atoms with E-state index in [1.807, 2.05) is 6.07 Å². The lowest BCUT2D eigenvalue weighted by atomic mass is 10.2. The van der Waals surface area contributed by atoms with Crippen LogP contribution in [-0.2, 0) is 0 Å². The van der Waals surface area contributed by atoms with Crippen LogP contribution in [0, 0.1) is 0 Å². The highest BCUT2D eigenvalue weighted by atomic mass is 16.5. The number of anilines is 1. The van der Waals surface area contributed by atoms with E-state index in [0.717, 1.165) is 0 Å². The molecule has 2 amide bonds. The van der Waals surface area contributed by atoms with Gasteiger partial charge in [-0.1, -0.05) is 30.3 Å². The van der Waals surface area contributed by atoms with E-state index in [-0.39, 0.29) is 5.76 Å². The molecular weight excluding hydrogens is 434 g/mol. The molecule has 0 fully saturated rings. The number of carbonyl (C=O) groups is 3. The van der Waals surface area contributed by atoms with Gasteiger partial charge in [0.25, 0.3) is 11.8 Å². The van der Waals surface area contributed by atoms with Gasteiger partial charge in [0.2, 0.25) is 0 Å². The number of ether oxygens (including phenoxy) is 1. The zero-order chi connectivity index (χ0) is 23.8. The molecule has 0 aliphatic carbocycles. The zero-order valence-electron chi connectivity index (χ0n) is 17.8. The Kier molecular flexibility index (Phi) is 6.90. The Labute approximate surface area is 194 Å². The predicted molar refractivity (Wildman–Crippen MR) is 126 cm³/mol. The highest BCUT2D eigenvalue weighted by Crippen LogP contribution is 2.18. The molecular formula is C26H19N3O5. The van der Waals surface area contributed by atoms with Gasteiger partial charge in [-0.2, -0.15) is 5.10 Å². The fourth-order valence-corrected chi connectivity index (χ4v) is 2.94. The summed E-state index contributed by atoms with van der Waals surface area (Å²) in [4.78, 5) is 36.7. The first kappa shape index (κ1) is 22.2. The van der Waals surface area contributed by atoms with Crippen LogP contribution in [0.4, 0.5) is 5.69 Å². The standard InChI is InChI=1S/C26H19N3O5/c30-24(18-12-14-21(15-13-18)28-25(31)23-11-6-16-33-23)29-27-17-20-9-4-5-10-22(20)34-26(32)19-7-2-1-3-8-19/h1-17H,(H,28,31)(H,29,30)/b27-17-. The number of para-hydroxylation sites is 1. The summed E-state index contributed by atoms with van der Waals surface area (Å²) in [5.74, 6) is -0.834. The monoisotopic (exact) mass is 453 g/mol. The van der Waals surface area contributed by atoms with Crippen molar-refractivity contribution in [3.05, 3.63) is 120 Å². The molecule has 0 saturated heterocycles. The Hall–Kier alpha value is -4.98. The van der Waals surface area contributed by atoms with E-state index in [4.69, 9.17) is 9.15 Å². The number of esters is 1. The first-order chi connectivity index (χ1) is 16.6. The topological polar surface area (TPSA) is 110 Å². The Bertz CT molecular complexity index is 1310. The van der Waals surface area contributed by atoms with Gasteiger partial charge in [0.15, 0.2) is 5.76 Å². The van der Waals surface area contributed by atoms with E-state index in [9.17, 15) is 14.4 Å². The second-order valence-electron chi connectivity index (χ2n) is 7.00. The van der Waals surface area contributed by atoms with Crippen LogP contribution >= 0.6 is 0 Å². The van der Waals surface area contributed by atoms with Crippen LogP contribution in [0.25, 0.3) is 0 Å². The molecule has 0 spiro atoms. The van der Waals surface area contributed by atoms with Crippen molar-refractivity contribution in [2.24, 2.45) is 5.10 Å². The molecule has 0 atom stereocenters. The minimum atomic E-state index is -0.496. The normalized spacial score (nSPS) is 10.6. The molecule has 4 rings (SSSR count). The van der Waals surface area contributed by atoms with Crippen molar-refractivity contribution in [1.29, 1.82) is 0 Å². The van der Waals surface area contributed by atoms with Crippen LogP contribution < -0.4 is 15.5 Å². The lowest BCUT2D eigenvalue weighted by molar-refractivity contribution is 0.0734. The lowest BCUT2D eigenvalue weighted by Gasteiger charge is -2.07. The van der Waals surface area contributed by atoms with Crippen molar-refractivity contribution in [2.45, 2.75) is 0 Å². The fourth-order valence-electron chi connectivity index (χ4n) is 2.94. The molecule has 168 valence electrons. The number of benzene rings is 3. The SMILES string of the molecule is O=C(N/N=C\c1ccccc1OC(=O)c1ccccc1)c1ccc(NC(=O)c2ccco2)cc1. The third kappa shape index (κ3) is 5.63. The van der Waals surface area contributed by atoms with Crippen molar-refractivity contribution in [1.82, 2.24) is 5.43 Å². The fraction of sp³-hybridized carbons (Fsp3) is 0. The first-order valence-corrected chi connectivity index (χ1v) is 10.2. The summed E-state index contributed by atoms with van der Waals surface area (Å²) in [6.45, 7) is 0. The molecule has 2 N–H and O–H groups in total. The summed E-state index contributed by atoms with van der Waals surface area (Å²) in [5.41, 5.74) is 4.22. The molecule has 0 bridgehead atoms. The second kappa shape index (κ2) is 10.6. The van der Waals surface area contributed by atoms with E-state index in [1.165, 1.54) is 12.5 Å². The third-order valence-electron chi connectivity index (χ3n) is 4.65. The summed E-state index contributed by atoms with van der Waals surface area (Å²) >= 11 is 0. The highest BCUT2D eigenvalue weighted by Gasteiger charge is 2.11. The number of hydrogen-bond acceptors (Lipinski definition) is 6. The average Bonchev–Trinajstić information content (AvgIpc) is 3.41. The van der Waals surface area contributed by atoms with Gasteiger partial charge in [-0.15, -0.1) is 0 Å². The van der Waals surface area contributed by atoms with Gasteiger partial charge < -0.3 is 14.5 Å². The molecule has 0 aliphatic heterocycles. The van der Waals surface area contributed by atoms with E-state index in [0.29, 0.717) is 28.1 Å². The molecule has 8 nitrogen and oxygen atoms in total. The maximum absolute atomic E-state index is 12.4. The van der Waals surface area contributed by atoms with Gasteiger partial charge in [-0.05, 0) is 60.7 Å². The maximum Gasteiger partial charge on any atom is 0.343 e. The largest absolute Gasteiger partial charge is 0.459 e. The number of amides is 2. The molecule has 0 saturated carbocycles. The van der Waals surface area contributed by atoms with Crippen molar-refractivity contribution in [3.63, 3.8) is 0 Å². The molecule has 1 aromatic heterocycles. The number of rotatable bonds is 7. The number of nitrogens with zero attached hydrogens (tertiary/aromatic N) is 1. The summed E-state index contributed by atoms with van der Waals surface area (Å²) in [6.07, 6.45) is 2.80. The molecule has 0 unspecified atom stereocenters. The second-order valence-corrected chi connectivity index (χ2v) is 7.00. The number of furan rings is 1. The van der Waals surface area contributed by atoms with E-state index < -0.39 is 17.8 Å². The Balaban J connectivity index is 1.36. The van der Waals surface area contributed by atoms with Crippen LogP contribution in [0.1, 0.15) is 36.8 Å². The van der Waals surface area contributed by atoms with Gasteiger partial charge in [0.1, 0.15) is 5.75 Å². The van der Waals surface area contributed by atoms with Crippen molar-refractivity contribution >= 4 is 29.7 Å². The molecule has 0 radical (unpaired) electrons. The summed E-state index contributed by atoms with van der Waals surface area (Å²) in [7, 11) is 0. The smallest absolute Gasteiger partial charge is 0.343 e. The average molecular weight is 453 g/mol. The van der Waals surface area contributed by atoms with Crippen molar-refractivity contribution in [3.8, 4) is 5.75 Å². The Morgan fingerprint density at radius 1 is 0.765 bits per heavy atom. The van der Waals surface area contributed by atoms with Gasteiger partial charge in [0.05, 0.1) is 18.0 Å². The Morgan fingerprint density at radius 2 is 1.50 bits per heavy atom. The van der Waals surface area contributed by atoms with E-state index in [2.05, 4.69) is 15.8 Å². The lowest BCUT2D eigenvalue weighted by Crippen LogP contribution is -2.18. The predicted octanol–water partition coefficient (Wildman–Crippen LogP) is 4.52. The van der Waals surface area contributed by atoms with Crippen molar-refractivity contribution < 1.29 is 23.5 Å². The van der Waals surface area contributed by atoms with Gasteiger partial charge in [0, 0.05) is 16.8 Å². The van der Waals surface area contributed by atoms with Crippen LogP contribution in [0.3, 0.4) is 0 Å². The van der Waals surface area contributed by atoms with Gasteiger partial charge in [-0.25, -0.2) is 10.2 Å². The van der Waals surface area contributed by atoms with E-state index >= 15 is 0 Å². The number of hydrazone groups is 1. The first-order valence-electron chi connectivity index (χ1n) is 10.2. The number of nitrogens with one attached hydrogen (secondary N) is 2. The molecule has 1 heterocycles. The quantitative estimate of drug-likeness (QED) is 0.185. The molecule has 8 heteroatoms. The van der Waals surface area contributed by atoms with Crippen LogP contribution in [0.15, 0.2) is 107 Å². The van der Waals surface area contributed by atoms with Crippen LogP contribution in [-0.4, -0.2) is 24.0 Å². The third-order valence-corrected chi connectivity index (χ3v) is 4.65. The van der Waals surface area contributed by atoms with Crippen LogP contribution in [0.5, 0.6) is 5.75 Å². The van der Waals surface area contributed by atoms with Crippen molar-refractivity contribution in [2.75, 3.05) is 5.32 Å². The molecule has 34 heavy (non-hydrogen) atoms. The zero-order valence-corrected chi connectivity index (χ0v) is 17.8. The molecule has 3 aromatic carbocycles. The maximum atomic E-state index is 12.4. The minimum Gasteiger partial charge on any atom is -0.459 e. The minimum absolute atomic E-state index is 0.186. The van der Waals surface area contributed by atoms with Crippen LogP contribution in [0.2, 0.25) is 0 Å². The Morgan fingerprint density at radius 3 is 2.24 bits per heavy atom. The number of carbonyl (C=O) groups excluding carboxylic acids is 3. The molecule has 4 aromatic rings. The molecule has 0 aliphatic rings. The summed E-state index contributed by atoms with van der Waals surface area (Å²) < 4.78 is 10.5. The summed E-state index contributed by atoms with van der Waals surface area (Å²) in [6, 6.07) is 24.9. The van der Waals surface area contributed by atoms with Gasteiger partial charge in [-0.3, -0.25) is 9.59 Å². The highest BCUT2D eigenvalue weighted by molar-refractivity contribution is 6.02. The van der Waals surface area contributed by atoms with Gasteiger partial charge >= 0.3 is 5.97 Å². The number of hydrogen-bond donors (Lipinski definition) is 2. The van der Waals surface area contributed by atoms with E-state index in [1.54, 1.807) is 84.9 Å². The summed E-state index contributed by atoms with van der Waals surface area (Å²) in [5, 5.41) is 6.64.